The second kappa shape index (κ2) is 9.41. The second-order valence-corrected chi connectivity index (χ2v) is 7.32. The van der Waals surface area contributed by atoms with Crippen LogP contribution in [-0.4, -0.2) is 52.8 Å². The quantitative estimate of drug-likeness (QED) is 0.584. The van der Waals surface area contributed by atoms with Gasteiger partial charge >= 0.3 is 0 Å². The Morgan fingerprint density at radius 2 is 2.09 bits per heavy atom. The van der Waals surface area contributed by atoms with E-state index in [1.54, 1.807) is 27.7 Å². The zero-order chi connectivity index (χ0) is 22.7. The lowest BCUT2D eigenvalue weighted by atomic mass is 10.1. The molecule has 2 amide bonds. The molecule has 8 nitrogen and oxygen atoms in total. The van der Waals surface area contributed by atoms with Crippen molar-refractivity contribution in [2.75, 3.05) is 36.6 Å². The molecule has 1 saturated heterocycles. The highest BCUT2D eigenvalue weighted by Gasteiger charge is 2.22. The van der Waals surface area contributed by atoms with Crippen LogP contribution in [0.25, 0.3) is 11.0 Å². The normalized spacial score (nSPS) is 14.4. The average molecular weight is 444 g/mol. The van der Waals surface area contributed by atoms with Gasteiger partial charge in [-0.2, -0.15) is 0 Å². The number of morpholine rings is 1. The molecule has 3 aromatic rings. The molecule has 0 aliphatic carbocycles. The topological polar surface area (TPSA) is 96.7 Å². The fourth-order valence-electron chi connectivity index (χ4n) is 3.62. The van der Waals surface area contributed by atoms with E-state index in [0.717, 1.165) is 6.07 Å². The Morgan fingerprint density at radius 3 is 2.84 bits per heavy atom. The Kier molecular flexibility index (Phi) is 6.42. The van der Waals surface area contributed by atoms with Gasteiger partial charge in [-0.25, -0.2) is 13.8 Å². The summed E-state index contributed by atoms with van der Waals surface area (Å²) in [6, 6.07) is 10.6. The first-order valence-corrected chi connectivity index (χ1v) is 10.2. The largest absolute Gasteiger partial charge is 0.396 e. The van der Waals surface area contributed by atoms with Crippen LogP contribution in [0.5, 0.6) is 0 Å². The summed E-state index contributed by atoms with van der Waals surface area (Å²) < 4.78 is 32.9. The number of aliphatic hydroxyl groups excluding tert-OH is 1. The number of halogens is 2. The van der Waals surface area contributed by atoms with Crippen molar-refractivity contribution in [2.45, 2.75) is 19.4 Å². The summed E-state index contributed by atoms with van der Waals surface area (Å²) in [5.74, 6) is -0.495. The number of nitrogens with one attached hydrogen (secondary N) is 1. The first-order valence-electron chi connectivity index (χ1n) is 10.2. The van der Waals surface area contributed by atoms with Gasteiger partial charge in [0, 0.05) is 36.5 Å². The summed E-state index contributed by atoms with van der Waals surface area (Å²) >= 11 is 0. The molecule has 0 saturated carbocycles. The Bertz CT molecular complexity index is 1150. The number of nitrogens with zero attached hydrogens (tertiary/aromatic N) is 3. The summed E-state index contributed by atoms with van der Waals surface area (Å²) in [6.45, 7) is 1.22. The molecular weight excluding hydrogens is 422 g/mol. The summed E-state index contributed by atoms with van der Waals surface area (Å²) in [5, 5.41) is 12.0. The number of aliphatic hydroxyl groups is 1. The lowest BCUT2D eigenvalue weighted by Gasteiger charge is -2.26. The lowest BCUT2D eigenvalue weighted by molar-refractivity contribution is -0.125. The molecule has 2 N–H and O–H groups in total. The highest BCUT2D eigenvalue weighted by molar-refractivity contribution is 6.04. The number of carbonyl (C=O) groups is 2. The third kappa shape index (κ3) is 4.46. The second-order valence-electron chi connectivity index (χ2n) is 7.32. The predicted molar refractivity (Wildman–Crippen MR) is 114 cm³/mol. The molecule has 2 heterocycles. The van der Waals surface area contributed by atoms with E-state index in [4.69, 9.17) is 4.74 Å². The highest BCUT2D eigenvalue weighted by atomic mass is 19.3. The smallest absolute Gasteiger partial charge is 0.263 e. The molecule has 0 spiro atoms. The average Bonchev–Trinajstić information content (AvgIpc) is 3.14. The van der Waals surface area contributed by atoms with E-state index in [0.29, 0.717) is 42.8 Å². The summed E-state index contributed by atoms with van der Waals surface area (Å²) in [4.78, 5) is 31.0. The molecule has 0 bridgehead atoms. The monoisotopic (exact) mass is 444 g/mol. The summed E-state index contributed by atoms with van der Waals surface area (Å²) in [5.41, 5.74) is 1.77. The number of ether oxygens (including phenoxy) is 1. The number of benzene rings is 2. The molecule has 1 aliphatic rings. The number of rotatable bonds is 7. The minimum atomic E-state index is -2.68. The van der Waals surface area contributed by atoms with Crippen molar-refractivity contribution >= 4 is 34.5 Å². The van der Waals surface area contributed by atoms with Crippen LogP contribution in [0.1, 0.15) is 28.8 Å². The molecule has 0 unspecified atom stereocenters. The number of hydrogen-bond acceptors (Lipinski definition) is 5. The number of alkyl halides is 2. The van der Waals surface area contributed by atoms with Gasteiger partial charge in [-0.05, 0) is 36.8 Å². The van der Waals surface area contributed by atoms with E-state index in [2.05, 4.69) is 10.3 Å². The molecule has 1 fully saturated rings. The van der Waals surface area contributed by atoms with E-state index in [1.165, 1.54) is 18.2 Å². The van der Waals surface area contributed by atoms with Crippen molar-refractivity contribution in [1.29, 1.82) is 0 Å². The Morgan fingerprint density at radius 1 is 1.25 bits per heavy atom. The Hall–Kier alpha value is -3.37. The molecule has 168 valence electrons. The fraction of sp³-hybridized carbons (Fsp3) is 0.318. The van der Waals surface area contributed by atoms with E-state index in [9.17, 15) is 23.5 Å². The molecule has 2 aromatic carbocycles. The number of imidazole rings is 1. The molecule has 32 heavy (non-hydrogen) atoms. The maximum absolute atomic E-state index is 13.0. The Labute approximate surface area is 182 Å². The standard InChI is InChI=1S/C22H22F2N4O4/c23-20(24)14-3-1-4-15(11-14)21(31)26-22-25-17-12-16(27-8-10-32-13-19(27)30)5-6-18(17)28(22)7-2-9-29/h1,3-6,11-12,20,29H,2,7-10,13H2,(H,25,26,31). The molecule has 1 aliphatic heterocycles. The predicted octanol–water partition coefficient (Wildman–Crippen LogP) is 2.97. The third-order valence-corrected chi connectivity index (χ3v) is 5.20. The lowest BCUT2D eigenvalue weighted by Crippen LogP contribution is -2.41. The molecule has 0 radical (unpaired) electrons. The number of carbonyl (C=O) groups excluding carboxylic acids is 2. The Balaban J connectivity index is 1.67. The van der Waals surface area contributed by atoms with Gasteiger partial charge in [0.15, 0.2) is 0 Å². The molecule has 1 aromatic heterocycles. The molecule has 0 atom stereocenters. The van der Waals surface area contributed by atoms with Crippen LogP contribution in [0.2, 0.25) is 0 Å². The van der Waals surface area contributed by atoms with Crippen LogP contribution in [0, 0.1) is 0 Å². The maximum Gasteiger partial charge on any atom is 0.263 e. The first-order chi connectivity index (χ1) is 15.5. The van der Waals surface area contributed by atoms with Gasteiger partial charge in [-0.15, -0.1) is 0 Å². The number of aryl methyl sites for hydroxylation is 1. The summed E-state index contributed by atoms with van der Waals surface area (Å²) in [6.07, 6.45) is -2.25. The maximum atomic E-state index is 13.0. The van der Waals surface area contributed by atoms with E-state index >= 15 is 0 Å². The minimum Gasteiger partial charge on any atom is -0.396 e. The van der Waals surface area contributed by atoms with Crippen molar-refractivity contribution in [2.24, 2.45) is 0 Å². The molecule has 4 rings (SSSR count). The van der Waals surface area contributed by atoms with E-state index in [-0.39, 0.29) is 36.2 Å². The first kappa shape index (κ1) is 21.8. The van der Waals surface area contributed by atoms with Gasteiger partial charge < -0.3 is 19.3 Å². The van der Waals surface area contributed by atoms with Crippen LogP contribution < -0.4 is 10.2 Å². The number of fused-ring (bicyclic) bond motifs is 1. The number of amides is 2. The molecule has 10 heteroatoms. The van der Waals surface area contributed by atoms with Gasteiger partial charge in [0.2, 0.25) is 5.95 Å². The molecular formula is C22H22F2N4O4. The zero-order valence-electron chi connectivity index (χ0n) is 17.1. The van der Waals surface area contributed by atoms with Gasteiger partial charge in [-0.1, -0.05) is 12.1 Å². The third-order valence-electron chi connectivity index (χ3n) is 5.20. The van der Waals surface area contributed by atoms with Crippen molar-refractivity contribution in [3.8, 4) is 0 Å². The highest BCUT2D eigenvalue weighted by Crippen LogP contribution is 2.27. The van der Waals surface area contributed by atoms with Crippen LogP contribution in [0.3, 0.4) is 0 Å². The SMILES string of the molecule is O=C(Nc1nc2cc(N3CCOCC3=O)ccc2n1CCCO)c1cccc(C(F)F)c1. The number of aromatic nitrogens is 2. The van der Waals surface area contributed by atoms with Gasteiger partial charge in [0.25, 0.3) is 18.2 Å². The van der Waals surface area contributed by atoms with E-state index < -0.39 is 12.3 Å². The van der Waals surface area contributed by atoms with Crippen molar-refractivity contribution < 1.29 is 28.2 Å². The van der Waals surface area contributed by atoms with E-state index in [1.807, 2.05) is 0 Å². The van der Waals surface area contributed by atoms with Gasteiger partial charge in [0.05, 0.1) is 17.6 Å². The van der Waals surface area contributed by atoms with Crippen LogP contribution >= 0.6 is 0 Å². The van der Waals surface area contributed by atoms with Crippen LogP contribution in [0.15, 0.2) is 42.5 Å². The minimum absolute atomic E-state index is 0.0158. The van der Waals surface area contributed by atoms with Gasteiger partial charge in [-0.3, -0.25) is 14.9 Å². The van der Waals surface area contributed by atoms with Crippen LogP contribution in [-0.2, 0) is 16.1 Å². The van der Waals surface area contributed by atoms with Crippen LogP contribution in [0.4, 0.5) is 20.4 Å². The van der Waals surface area contributed by atoms with Crippen molar-refractivity contribution in [1.82, 2.24) is 9.55 Å². The van der Waals surface area contributed by atoms with Crippen molar-refractivity contribution in [3.05, 3.63) is 53.6 Å². The van der Waals surface area contributed by atoms with Gasteiger partial charge in [0.1, 0.15) is 6.61 Å². The number of hydrogen-bond donors (Lipinski definition) is 2. The summed E-state index contributed by atoms with van der Waals surface area (Å²) in [7, 11) is 0. The zero-order valence-corrected chi connectivity index (χ0v) is 17.1. The number of anilines is 2. The van der Waals surface area contributed by atoms with Crippen molar-refractivity contribution in [3.63, 3.8) is 0 Å². The fourth-order valence-corrected chi connectivity index (χ4v) is 3.62.